The summed E-state index contributed by atoms with van der Waals surface area (Å²) in [5.41, 5.74) is 5.59. The highest BCUT2D eigenvalue weighted by Gasteiger charge is 2.49. The van der Waals surface area contributed by atoms with Crippen molar-refractivity contribution < 1.29 is 28.3 Å². The Balaban J connectivity index is 0.00000161. The van der Waals surface area contributed by atoms with Crippen LogP contribution in [0.2, 0.25) is 0 Å². The van der Waals surface area contributed by atoms with Crippen molar-refractivity contribution in [3.8, 4) is 37.0 Å². The number of alkyl carbamates (subject to hydrolysis) is 1. The highest BCUT2D eigenvalue weighted by molar-refractivity contribution is 6.06. The first kappa shape index (κ1) is 56.5. The van der Waals surface area contributed by atoms with Crippen LogP contribution in [0, 0.1) is 31.6 Å². The van der Waals surface area contributed by atoms with Gasteiger partial charge in [-0.1, -0.05) is 93.0 Å². The molecule has 4 N–H and O–H groups in total. The largest absolute Gasteiger partial charge is 0.456 e. The van der Waals surface area contributed by atoms with Crippen LogP contribution in [0.15, 0.2) is 65.4 Å². The topological polar surface area (TPSA) is 162 Å². The molecule has 2 aromatic carbocycles. The molecule has 6 rings (SSSR count). The zero-order valence-corrected chi connectivity index (χ0v) is 40.6. The molecule has 3 atom stereocenters. The Bertz CT molecular complexity index is 2170. The van der Waals surface area contributed by atoms with Gasteiger partial charge in [0, 0.05) is 52.3 Å². The van der Waals surface area contributed by atoms with Crippen LogP contribution >= 0.6 is 0 Å². The Morgan fingerprint density at radius 1 is 0.923 bits per heavy atom. The van der Waals surface area contributed by atoms with Crippen molar-refractivity contribution in [2.24, 2.45) is 5.92 Å². The zero-order chi connectivity index (χ0) is 49.1. The number of amides is 4. The second-order valence-electron chi connectivity index (χ2n) is 15.2. The smallest absolute Gasteiger partial charge is 0.407 e. The molecule has 1 saturated carbocycles. The van der Waals surface area contributed by atoms with E-state index in [-0.39, 0.29) is 42.9 Å². The lowest BCUT2D eigenvalue weighted by molar-refractivity contribution is -0.135. The van der Waals surface area contributed by atoms with Crippen LogP contribution in [-0.2, 0) is 19.1 Å². The van der Waals surface area contributed by atoms with Crippen molar-refractivity contribution >= 4 is 51.5 Å². The standard InChI is InChI=1S/C40H49N7O6.2C3H8.C2H6.2C2H2/c1-6-9-35(48)41-21-36(49)46(16-7-2)23-24(4)44-31(8-3)25-11-14-29-30-15-12-26(19-34(30)53-33(29)18-25)32-20-42-39(45-32)38-27-10-13-28(17-27)47(38)37(50)22-43-40(51)52-5;2*1-3-2;3*1-2/h8,11-12,14-15,18-20,27-28,38,44H,4,6-7,9-10,13,16-17,21-23H2,1-3,5H3,(H,41,48)(H,42,45)(H,43,51);2*3H2,1-2H3;1-2H3;2*1-2H/b31-8-;;;;;/t27-,28+,38-;;;;;/m0...../s1. The number of piperidine rings is 1. The Morgan fingerprint density at radius 2 is 1.55 bits per heavy atom. The number of likely N-dealkylation sites (tertiary alicyclic amines) is 1. The number of terminal acetylenes is 2. The monoisotopic (exact) mass is 894 g/mol. The van der Waals surface area contributed by atoms with Crippen LogP contribution in [0.4, 0.5) is 4.79 Å². The second kappa shape index (κ2) is 30.6. The number of H-pyrrole nitrogens is 1. The third-order valence-electron chi connectivity index (χ3n) is 10.2. The molecular weight excluding hydrogens is 819 g/mol. The van der Waals surface area contributed by atoms with Crippen LogP contribution in [0.1, 0.15) is 131 Å². The average Bonchev–Trinajstić information content (AvgIpc) is 4.15. The van der Waals surface area contributed by atoms with Crippen molar-refractivity contribution in [1.29, 1.82) is 0 Å². The maximum Gasteiger partial charge on any atom is 0.407 e. The van der Waals surface area contributed by atoms with E-state index in [1.807, 2.05) is 82.0 Å². The van der Waals surface area contributed by atoms with Gasteiger partial charge in [-0.3, -0.25) is 14.4 Å². The van der Waals surface area contributed by atoms with Crippen LogP contribution in [0.5, 0.6) is 0 Å². The van der Waals surface area contributed by atoms with Gasteiger partial charge in [0.1, 0.15) is 23.5 Å². The minimum atomic E-state index is -0.632. The number of rotatable bonds is 15. The summed E-state index contributed by atoms with van der Waals surface area (Å²) in [4.78, 5) is 61.4. The Kier molecular flexibility index (Phi) is 26.6. The van der Waals surface area contributed by atoms with Gasteiger partial charge in [-0.25, -0.2) is 9.78 Å². The molecule has 4 aromatic rings. The molecule has 2 fully saturated rings. The van der Waals surface area contributed by atoms with Gasteiger partial charge in [-0.2, -0.15) is 0 Å². The molecule has 3 heterocycles. The van der Waals surface area contributed by atoms with Crippen molar-refractivity contribution in [2.75, 3.05) is 33.3 Å². The number of nitrogens with one attached hydrogen (secondary N) is 4. The normalized spacial score (nSPS) is 15.4. The summed E-state index contributed by atoms with van der Waals surface area (Å²) in [6.07, 6.45) is 26.4. The van der Waals surface area contributed by atoms with E-state index in [4.69, 9.17) is 9.40 Å². The van der Waals surface area contributed by atoms with Gasteiger partial charge < -0.3 is 39.9 Å². The summed E-state index contributed by atoms with van der Waals surface area (Å²) in [6.45, 7) is 23.3. The minimum Gasteiger partial charge on any atom is -0.456 e. The number of benzene rings is 2. The van der Waals surface area contributed by atoms with E-state index < -0.39 is 6.09 Å². The molecule has 0 unspecified atom stereocenters. The summed E-state index contributed by atoms with van der Waals surface area (Å²) in [6, 6.07) is 12.1. The third-order valence-corrected chi connectivity index (χ3v) is 10.2. The summed E-state index contributed by atoms with van der Waals surface area (Å²) >= 11 is 0. The number of allylic oxidation sites excluding steroid dienone is 1. The molecule has 13 heteroatoms. The molecule has 1 aliphatic heterocycles. The van der Waals surface area contributed by atoms with E-state index in [0.29, 0.717) is 31.1 Å². The summed E-state index contributed by atoms with van der Waals surface area (Å²) in [7, 11) is 1.28. The number of carbonyl (C=O) groups is 4. The maximum absolute atomic E-state index is 13.2. The molecule has 0 radical (unpaired) electrons. The van der Waals surface area contributed by atoms with E-state index in [9.17, 15) is 19.2 Å². The van der Waals surface area contributed by atoms with Crippen molar-refractivity contribution in [1.82, 2.24) is 35.7 Å². The summed E-state index contributed by atoms with van der Waals surface area (Å²) < 4.78 is 11.0. The number of furan rings is 1. The lowest BCUT2D eigenvalue weighted by Gasteiger charge is -2.34. The fraction of sp³-hybridized carbons (Fsp3) is 0.481. The van der Waals surface area contributed by atoms with E-state index >= 15 is 0 Å². The lowest BCUT2D eigenvalue weighted by atomic mass is 9.98. The molecule has 0 spiro atoms. The number of aromatic nitrogens is 2. The van der Waals surface area contributed by atoms with Gasteiger partial charge in [-0.05, 0) is 69.2 Å². The zero-order valence-electron chi connectivity index (χ0n) is 40.6. The minimum absolute atomic E-state index is 0.0345. The number of nitrogens with zero attached hydrogens (tertiary/aromatic N) is 3. The fourth-order valence-electron chi connectivity index (χ4n) is 7.69. The van der Waals surface area contributed by atoms with Gasteiger partial charge in [0.25, 0.3) is 0 Å². The predicted molar refractivity (Wildman–Crippen MR) is 266 cm³/mol. The van der Waals surface area contributed by atoms with E-state index in [1.165, 1.54) is 20.0 Å². The van der Waals surface area contributed by atoms with Crippen LogP contribution < -0.4 is 16.0 Å². The quantitative estimate of drug-likeness (QED) is 0.0858. The number of fused-ring (bicyclic) bond motifs is 5. The Hall–Kier alpha value is -6.47. The number of hydrogen-bond acceptors (Lipinski definition) is 8. The molecule has 2 bridgehead atoms. The second-order valence-corrected chi connectivity index (χ2v) is 15.2. The molecule has 2 aliphatic rings. The van der Waals surface area contributed by atoms with E-state index in [1.54, 1.807) is 11.1 Å². The van der Waals surface area contributed by atoms with Gasteiger partial charge >= 0.3 is 6.09 Å². The summed E-state index contributed by atoms with van der Waals surface area (Å²) in [5.74, 6) is 0.625. The van der Waals surface area contributed by atoms with Crippen molar-refractivity contribution in [2.45, 2.75) is 126 Å². The highest BCUT2D eigenvalue weighted by atomic mass is 16.5. The predicted octanol–water partition coefficient (Wildman–Crippen LogP) is 10.4. The number of ether oxygens (including phenoxy) is 1. The molecule has 1 saturated heterocycles. The highest BCUT2D eigenvalue weighted by Crippen LogP contribution is 2.49. The van der Waals surface area contributed by atoms with Crippen LogP contribution in [0.25, 0.3) is 38.9 Å². The van der Waals surface area contributed by atoms with Crippen molar-refractivity contribution in [3.05, 3.63) is 72.3 Å². The van der Waals surface area contributed by atoms with Crippen molar-refractivity contribution in [3.63, 3.8) is 0 Å². The Morgan fingerprint density at radius 3 is 2.15 bits per heavy atom. The maximum atomic E-state index is 13.2. The number of methoxy groups -OCH3 is 1. The van der Waals surface area contributed by atoms with Crippen LogP contribution in [-0.4, -0.2) is 82.9 Å². The van der Waals surface area contributed by atoms with Gasteiger partial charge in [0.2, 0.25) is 17.7 Å². The van der Waals surface area contributed by atoms with Gasteiger partial charge in [0.15, 0.2) is 0 Å². The number of carbonyl (C=O) groups excluding carboxylic acids is 4. The molecule has 354 valence electrons. The SMILES string of the molecule is C#C.C#C.C=C(CN(CCC)C(=O)CNC(=O)CCC)N/C(=C\C)c1ccc2c(c1)oc1cc(-c3cnc([C@@H]4[C@H]5CC[C@H](C5)N4C(=O)CNC(=O)OC)[nH]3)ccc12.CC.CCC.CCC. The number of aromatic amines is 1. The molecule has 2 aromatic heterocycles. The first-order valence-electron chi connectivity index (χ1n) is 22.9. The average molecular weight is 894 g/mol. The molecule has 1 aliphatic carbocycles. The van der Waals surface area contributed by atoms with Gasteiger partial charge in [0.05, 0.1) is 38.1 Å². The fourth-order valence-corrected chi connectivity index (χ4v) is 7.69. The Labute approximate surface area is 388 Å². The molecule has 4 amide bonds. The van der Waals surface area contributed by atoms with E-state index in [0.717, 1.165) is 82.4 Å². The number of imidazole rings is 1. The molecule has 65 heavy (non-hydrogen) atoms. The van der Waals surface area contributed by atoms with E-state index in [2.05, 4.69) is 85.6 Å². The first-order valence-corrected chi connectivity index (χ1v) is 22.9. The first-order chi connectivity index (χ1) is 31.5. The lowest BCUT2D eigenvalue weighted by Crippen LogP contribution is -2.45. The van der Waals surface area contributed by atoms with Crippen LogP contribution in [0.3, 0.4) is 0 Å². The molecule has 13 nitrogen and oxygen atoms in total. The summed E-state index contributed by atoms with van der Waals surface area (Å²) in [5, 5.41) is 10.6. The molecular formula is C52H75N7O6. The van der Waals surface area contributed by atoms with Gasteiger partial charge in [-0.15, -0.1) is 25.7 Å². The number of hydrogen-bond donors (Lipinski definition) is 4. The third kappa shape index (κ3) is 15.9.